The van der Waals surface area contributed by atoms with E-state index in [4.69, 9.17) is 10.5 Å². The third-order valence-corrected chi connectivity index (χ3v) is 4.29. The molecule has 2 aliphatic heterocycles. The third kappa shape index (κ3) is 6.28. The van der Waals surface area contributed by atoms with E-state index in [0.29, 0.717) is 18.4 Å². The summed E-state index contributed by atoms with van der Waals surface area (Å²) in [6, 6.07) is 0. The molecule has 22 heavy (non-hydrogen) atoms. The number of rotatable bonds is 5. The predicted molar refractivity (Wildman–Crippen MR) is 98.5 cm³/mol. The Bertz CT molecular complexity index is 373. The number of nitrogens with zero attached hydrogens (tertiary/aromatic N) is 2. The molecular formula is C15H29IN4O2. The normalized spacial score (nSPS) is 25.7. The molecule has 0 saturated carbocycles. The van der Waals surface area contributed by atoms with Gasteiger partial charge >= 0.3 is 0 Å². The third-order valence-electron chi connectivity index (χ3n) is 4.29. The van der Waals surface area contributed by atoms with Crippen LogP contribution in [0.4, 0.5) is 0 Å². The van der Waals surface area contributed by atoms with Crippen molar-refractivity contribution in [2.45, 2.75) is 44.6 Å². The Balaban J connectivity index is 0.00000242. The average Bonchev–Trinajstić information content (AvgIpc) is 2.96. The van der Waals surface area contributed by atoms with Crippen molar-refractivity contribution in [3.05, 3.63) is 0 Å². The maximum atomic E-state index is 11.1. The number of guanidine groups is 1. The Labute approximate surface area is 150 Å². The lowest BCUT2D eigenvalue weighted by Gasteiger charge is -2.34. The number of hydrogen-bond donors (Lipinski definition) is 2. The molecule has 2 fully saturated rings. The minimum absolute atomic E-state index is 0. The van der Waals surface area contributed by atoms with Crippen LogP contribution in [0, 0.1) is 5.92 Å². The van der Waals surface area contributed by atoms with Crippen molar-refractivity contribution in [2.75, 3.05) is 33.3 Å². The number of carbonyl (C=O) groups is 1. The summed E-state index contributed by atoms with van der Waals surface area (Å²) < 4.78 is 5.63. The smallest absolute Gasteiger partial charge is 0.217 e. The Morgan fingerprint density at radius 3 is 2.86 bits per heavy atom. The van der Waals surface area contributed by atoms with Crippen LogP contribution < -0.4 is 11.1 Å². The number of amides is 1. The van der Waals surface area contributed by atoms with Crippen LogP contribution >= 0.6 is 24.0 Å². The molecule has 2 heterocycles. The average molecular weight is 424 g/mol. The topological polar surface area (TPSA) is 80.0 Å². The Kier molecular flexibility index (Phi) is 9.08. The van der Waals surface area contributed by atoms with Crippen LogP contribution in [0.2, 0.25) is 0 Å². The molecule has 2 rings (SSSR count). The highest BCUT2D eigenvalue weighted by atomic mass is 127. The predicted octanol–water partition coefficient (Wildman–Crippen LogP) is 1.34. The quantitative estimate of drug-likeness (QED) is 0.397. The monoisotopic (exact) mass is 424 g/mol. The highest BCUT2D eigenvalue weighted by molar-refractivity contribution is 14.0. The number of primary amides is 1. The highest BCUT2D eigenvalue weighted by Crippen LogP contribution is 2.19. The summed E-state index contributed by atoms with van der Waals surface area (Å²) in [7, 11) is 1.81. The van der Waals surface area contributed by atoms with E-state index in [0.717, 1.165) is 51.5 Å². The lowest BCUT2D eigenvalue weighted by molar-refractivity contribution is -0.119. The first-order valence-corrected chi connectivity index (χ1v) is 8.04. The number of aliphatic imine (C=N–C) groups is 1. The number of nitrogens with one attached hydrogen (secondary N) is 1. The fourth-order valence-corrected chi connectivity index (χ4v) is 3.26. The number of likely N-dealkylation sites (tertiary alicyclic amines) is 1. The summed E-state index contributed by atoms with van der Waals surface area (Å²) in [5, 5.41) is 3.42. The first-order chi connectivity index (χ1) is 10.2. The van der Waals surface area contributed by atoms with E-state index in [1.165, 1.54) is 12.8 Å². The van der Waals surface area contributed by atoms with Gasteiger partial charge in [-0.15, -0.1) is 24.0 Å². The summed E-state index contributed by atoms with van der Waals surface area (Å²) in [6.45, 7) is 3.64. The van der Waals surface area contributed by atoms with Crippen molar-refractivity contribution < 1.29 is 9.53 Å². The van der Waals surface area contributed by atoms with Gasteiger partial charge in [0.05, 0.1) is 6.10 Å². The standard InChI is InChI=1S/C15H28N4O2.HI/c1-17-15(18-7-6-13-5-3-9-21-13)19-8-2-4-12(11-19)10-14(16)20;/h12-13H,2-11H2,1H3,(H2,16,20)(H,17,18);1H. The molecule has 2 atom stereocenters. The molecule has 128 valence electrons. The van der Waals surface area contributed by atoms with Gasteiger partial charge < -0.3 is 20.7 Å². The number of nitrogens with two attached hydrogens (primary N) is 1. The van der Waals surface area contributed by atoms with Gasteiger partial charge in [0.25, 0.3) is 0 Å². The zero-order chi connectivity index (χ0) is 15.1. The maximum absolute atomic E-state index is 11.1. The molecule has 0 aromatic carbocycles. The molecule has 3 N–H and O–H groups in total. The number of hydrogen-bond acceptors (Lipinski definition) is 3. The van der Waals surface area contributed by atoms with Crippen LogP contribution in [-0.2, 0) is 9.53 Å². The second kappa shape index (κ2) is 10.3. The molecule has 0 aromatic heterocycles. The van der Waals surface area contributed by atoms with Gasteiger partial charge in [0.15, 0.2) is 5.96 Å². The van der Waals surface area contributed by atoms with Gasteiger partial charge in [0.2, 0.25) is 5.91 Å². The molecule has 0 spiro atoms. The lowest BCUT2D eigenvalue weighted by atomic mass is 9.95. The summed E-state index contributed by atoms with van der Waals surface area (Å²) in [4.78, 5) is 17.7. The molecule has 2 aliphatic rings. The maximum Gasteiger partial charge on any atom is 0.217 e. The molecule has 0 aromatic rings. The largest absolute Gasteiger partial charge is 0.378 e. The molecule has 7 heteroatoms. The van der Waals surface area contributed by atoms with E-state index in [-0.39, 0.29) is 29.9 Å². The van der Waals surface area contributed by atoms with E-state index in [1.54, 1.807) is 0 Å². The highest BCUT2D eigenvalue weighted by Gasteiger charge is 2.23. The summed E-state index contributed by atoms with van der Waals surface area (Å²) in [5.74, 6) is 1.08. The zero-order valence-corrected chi connectivity index (χ0v) is 15.8. The van der Waals surface area contributed by atoms with Crippen molar-refractivity contribution in [1.82, 2.24) is 10.2 Å². The Morgan fingerprint density at radius 2 is 2.23 bits per heavy atom. The van der Waals surface area contributed by atoms with Gasteiger partial charge in [-0.1, -0.05) is 0 Å². The van der Waals surface area contributed by atoms with E-state index < -0.39 is 0 Å². The number of halogens is 1. The van der Waals surface area contributed by atoms with Crippen LogP contribution in [0.1, 0.15) is 38.5 Å². The SMILES string of the molecule is CN=C(NCCC1CCCO1)N1CCCC(CC(N)=O)C1.I. The van der Waals surface area contributed by atoms with Crippen molar-refractivity contribution in [3.63, 3.8) is 0 Å². The second-order valence-electron chi connectivity index (χ2n) is 6.02. The van der Waals surface area contributed by atoms with E-state index in [1.807, 2.05) is 7.05 Å². The number of piperidine rings is 1. The molecule has 0 radical (unpaired) electrons. The van der Waals surface area contributed by atoms with Crippen LogP contribution in [0.5, 0.6) is 0 Å². The minimum Gasteiger partial charge on any atom is -0.378 e. The van der Waals surface area contributed by atoms with E-state index in [9.17, 15) is 4.79 Å². The molecule has 0 aliphatic carbocycles. The first-order valence-electron chi connectivity index (χ1n) is 8.04. The van der Waals surface area contributed by atoms with Crippen molar-refractivity contribution in [2.24, 2.45) is 16.6 Å². The number of carbonyl (C=O) groups excluding carboxylic acids is 1. The molecule has 2 saturated heterocycles. The summed E-state index contributed by atoms with van der Waals surface area (Å²) in [6.07, 6.45) is 6.42. The Morgan fingerprint density at radius 1 is 1.41 bits per heavy atom. The lowest BCUT2D eigenvalue weighted by Crippen LogP contribution is -2.47. The van der Waals surface area contributed by atoms with Gasteiger partial charge in [-0.05, 0) is 38.0 Å². The van der Waals surface area contributed by atoms with Crippen LogP contribution in [0.3, 0.4) is 0 Å². The van der Waals surface area contributed by atoms with Crippen molar-refractivity contribution >= 4 is 35.8 Å². The van der Waals surface area contributed by atoms with Gasteiger partial charge in [0.1, 0.15) is 0 Å². The van der Waals surface area contributed by atoms with Crippen LogP contribution in [-0.4, -0.2) is 56.2 Å². The van der Waals surface area contributed by atoms with E-state index >= 15 is 0 Å². The molecule has 0 bridgehead atoms. The van der Waals surface area contributed by atoms with Crippen LogP contribution in [0.15, 0.2) is 4.99 Å². The van der Waals surface area contributed by atoms with Gasteiger partial charge in [-0.2, -0.15) is 0 Å². The van der Waals surface area contributed by atoms with Gasteiger partial charge in [0, 0.05) is 39.7 Å². The molecule has 1 amide bonds. The minimum atomic E-state index is -0.205. The molecule has 6 nitrogen and oxygen atoms in total. The first kappa shape index (κ1) is 19.5. The van der Waals surface area contributed by atoms with Gasteiger partial charge in [-0.25, -0.2) is 0 Å². The van der Waals surface area contributed by atoms with Crippen molar-refractivity contribution in [3.8, 4) is 0 Å². The van der Waals surface area contributed by atoms with Crippen LogP contribution in [0.25, 0.3) is 0 Å². The molecule has 2 unspecified atom stereocenters. The summed E-state index contributed by atoms with van der Waals surface area (Å²) in [5.41, 5.74) is 5.31. The fourth-order valence-electron chi connectivity index (χ4n) is 3.26. The van der Waals surface area contributed by atoms with Crippen molar-refractivity contribution in [1.29, 1.82) is 0 Å². The van der Waals surface area contributed by atoms with E-state index in [2.05, 4.69) is 15.2 Å². The summed E-state index contributed by atoms with van der Waals surface area (Å²) >= 11 is 0. The van der Waals surface area contributed by atoms with Gasteiger partial charge in [-0.3, -0.25) is 9.79 Å². The second-order valence-corrected chi connectivity index (χ2v) is 6.02. The zero-order valence-electron chi connectivity index (χ0n) is 13.4. The fraction of sp³-hybridized carbons (Fsp3) is 0.867. The Hall–Kier alpha value is -0.570. The number of ether oxygens (including phenoxy) is 1. The molecular weight excluding hydrogens is 395 g/mol.